The number of morpholine rings is 1. The number of hydrogen-bond acceptors (Lipinski definition) is 2. The van der Waals surface area contributed by atoms with E-state index in [1.165, 1.54) is 0 Å². The number of allylic oxidation sites excluding steroid dienone is 1. The molecule has 0 aromatic rings. The fraction of sp³-hybridized carbons (Fsp3) is 0.750. The lowest BCUT2D eigenvalue weighted by molar-refractivity contribution is -0.185. The van der Waals surface area contributed by atoms with Crippen LogP contribution >= 0.6 is 0 Å². The Morgan fingerprint density at radius 1 is 1.20 bits per heavy atom. The minimum absolute atomic E-state index is 0.0713. The zero-order valence-corrected chi connectivity index (χ0v) is 10.3. The summed E-state index contributed by atoms with van der Waals surface area (Å²) in [6.45, 7) is 11.2. The maximum atomic E-state index is 11.8. The summed E-state index contributed by atoms with van der Waals surface area (Å²) in [5.41, 5.74) is -0.530. The number of nitrogens with zero attached hydrogens (tertiary/aromatic N) is 1. The first-order valence-corrected chi connectivity index (χ1v) is 5.37. The SMILES string of the molecule is C/C=C/C(=O)N1CC(C)(C)OC(C)(C)C1. The van der Waals surface area contributed by atoms with Gasteiger partial charge in [-0.15, -0.1) is 0 Å². The van der Waals surface area contributed by atoms with Crippen LogP contribution in [0.3, 0.4) is 0 Å². The molecule has 0 N–H and O–H groups in total. The van der Waals surface area contributed by atoms with Gasteiger partial charge in [0.15, 0.2) is 0 Å². The van der Waals surface area contributed by atoms with Crippen molar-refractivity contribution in [2.45, 2.75) is 45.8 Å². The topological polar surface area (TPSA) is 29.5 Å². The van der Waals surface area contributed by atoms with Crippen molar-refractivity contribution in [1.82, 2.24) is 4.90 Å². The number of carbonyl (C=O) groups is 1. The van der Waals surface area contributed by atoms with Crippen molar-refractivity contribution < 1.29 is 9.53 Å². The summed E-state index contributed by atoms with van der Waals surface area (Å²) in [7, 11) is 0. The molecule has 0 bridgehead atoms. The average Bonchev–Trinajstić information content (AvgIpc) is 1.98. The lowest BCUT2D eigenvalue weighted by Gasteiger charge is -2.46. The van der Waals surface area contributed by atoms with Crippen molar-refractivity contribution in [3.05, 3.63) is 12.2 Å². The summed E-state index contributed by atoms with van der Waals surface area (Å²) in [5, 5.41) is 0. The van der Waals surface area contributed by atoms with Crippen LogP contribution in [-0.2, 0) is 9.53 Å². The zero-order chi connectivity index (χ0) is 11.7. The van der Waals surface area contributed by atoms with E-state index in [1.54, 1.807) is 12.2 Å². The maximum absolute atomic E-state index is 11.8. The van der Waals surface area contributed by atoms with Gasteiger partial charge in [-0.3, -0.25) is 4.79 Å². The van der Waals surface area contributed by atoms with Crippen LogP contribution in [0.5, 0.6) is 0 Å². The largest absolute Gasteiger partial charge is 0.366 e. The molecule has 86 valence electrons. The summed E-state index contributed by atoms with van der Waals surface area (Å²) >= 11 is 0. The van der Waals surface area contributed by atoms with Gasteiger partial charge < -0.3 is 9.64 Å². The van der Waals surface area contributed by atoms with E-state index in [-0.39, 0.29) is 17.1 Å². The summed E-state index contributed by atoms with van der Waals surface area (Å²) in [6, 6.07) is 0. The lowest BCUT2D eigenvalue weighted by Crippen LogP contribution is -2.58. The highest BCUT2D eigenvalue weighted by molar-refractivity contribution is 5.87. The Bertz CT molecular complexity index is 263. The minimum atomic E-state index is -0.265. The summed E-state index contributed by atoms with van der Waals surface area (Å²) in [5.74, 6) is 0.0713. The molecule has 1 amide bonds. The predicted octanol–water partition coefficient (Wildman–Crippen LogP) is 1.98. The fourth-order valence-electron chi connectivity index (χ4n) is 2.19. The number of ether oxygens (including phenoxy) is 1. The summed E-state index contributed by atoms with van der Waals surface area (Å²) in [6.07, 6.45) is 3.38. The highest BCUT2D eigenvalue weighted by Gasteiger charge is 2.39. The molecule has 0 radical (unpaired) electrons. The van der Waals surface area contributed by atoms with E-state index in [2.05, 4.69) is 0 Å². The van der Waals surface area contributed by atoms with Crippen LogP contribution in [0.25, 0.3) is 0 Å². The lowest BCUT2D eigenvalue weighted by atomic mass is 9.99. The highest BCUT2D eigenvalue weighted by atomic mass is 16.5. The Morgan fingerprint density at radius 3 is 2.07 bits per heavy atom. The first-order valence-electron chi connectivity index (χ1n) is 5.37. The van der Waals surface area contributed by atoms with Crippen molar-refractivity contribution in [3.8, 4) is 0 Å². The van der Waals surface area contributed by atoms with E-state index in [0.717, 1.165) is 0 Å². The second kappa shape index (κ2) is 3.97. The Morgan fingerprint density at radius 2 is 1.67 bits per heavy atom. The molecule has 0 aliphatic carbocycles. The summed E-state index contributed by atoms with van der Waals surface area (Å²) < 4.78 is 5.90. The van der Waals surface area contributed by atoms with Crippen LogP contribution in [0, 0.1) is 0 Å². The predicted molar refractivity (Wildman–Crippen MR) is 60.6 cm³/mol. The molecule has 0 atom stereocenters. The van der Waals surface area contributed by atoms with E-state index in [9.17, 15) is 4.79 Å². The van der Waals surface area contributed by atoms with E-state index in [1.807, 2.05) is 39.5 Å². The third-order valence-electron chi connectivity index (χ3n) is 2.32. The monoisotopic (exact) mass is 211 g/mol. The minimum Gasteiger partial charge on any atom is -0.366 e. The van der Waals surface area contributed by atoms with Crippen molar-refractivity contribution in [2.24, 2.45) is 0 Å². The second-order valence-corrected chi connectivity index (χ2v) is 5.32. The molecule has 0 unspecified atom stereocenters. The van der Waals surface area contributed by atoms with E-state index in [0.29, 0.717) is 13.1 Å². The molecule has 15 heavy (non-hydrogen) atoms. The fourth-order valence-corrected chi connectivity index (χ4v) is 2.19. The third kappa shape index (κ3) is 3.34. The molecular formula is C12H21NO2. The Balaban J connectivity index is 2.79. The zero-order valence-electron chi connectivity index (χ0n) is 10.3. The van der Waals surface area contributed by atoms with Crippen LogP contribution in [0.15, 0.2) is 12.2 Å². The van der Waals surface area contributed by atoms with Gasteiger partial charge >= 0.3 is 0 Å². The molecule has 0 aromatic carbocycles. The molecule has 0 aromatic heterocycles. The second-order valence-electron chi connectivity index (χ2n) is 5.32. The van der Waals surface area contributed by atoms with Crippen LogP contribution in [-0.4, -0.2) is 35.1 Å². The average molecular weight is 211 g/mol. The van der Waals surface area contributed by atoms with Gasteiger partial charge in [0.2, 0.25) is 5.91 Å². The standard InChI is InChI=1S/C12H21NO2/c1-6-7-10(14)13-8-11(2,3)15-12(4,5)9-13/h6-7H,8-9H2,1-5H3/b7-6+. The number of carbonyl (C=O) groups excluding carboxylic acids is 1. The molecule has 1 heterocycles. The Kier molecular flexibility index (Phi) is 3.24. The Hall–Kier alpha value is -0.830. The first kappa shape index (κ1) is 12.2. The highest BCUT2D eigenvalue weighted by Crippen LogP contribution is 2.27. The van der Waals surface area contributed by atoms with E-state index >= 15 is 0 Å². The third-order valence-corrected chi connectivity index (χ3v) is 2.32. The van der Waals surface area contributed by atoms with Crippen molar-refractivity contribution in [1.29, 1.82) is 0 Å². The van der Waals surface area contributed by atoms with Crippen molar-refractivity contribution in [3.63, 3.8) is 0 Å². The first-order chi connectivity index (χ1) is 6.76. The van der Waals surface area contributed by atoms with Crippen molar-refractivity contribution in [2.75, 3.05) is 13.1 Å². The van der Waals surface area contributed by atoms with E-state index in [4.69, 9.17) is 4.74 Å². The molecule has 0 spiro atoms. The molecule has 3 nitrogen and oxygen atoms in total. The van der Waals surface area contributed by atoms with Gasteiger partial charge in [0.25, 0.3) is 0 Å². The van der Waals surface area contributed by atoms with Gasteiger partial charge in [0.05, 0.1) is 11.2 Å². The normalized spacial score (nSPS) is 24.5. The number of hydrogen-bond donors (Lipinski definition) is 0. The van der Waals surface area contributed by atoms with Crippen molar-refractivity contribution >= 4 is 5.91 Å². The molecule has 1 saturated heterocycles. The van der Waals surface area contributed by atoms with Gasteiger partial charge in [-0.05, 0) is 40.7 Å². The van der Waals surface area contributed by atoms with Gasteiger partial charge in [0.1, 0.15) is 0 Å². The van der Waals surface area contributed by atoms with Crippen LogP contribution < -0.4 is 0 Å². The van der Waals surface area contributed by atoms with Gasteiger partial charge in [-0.25, -0.2) is 0 Å². The summed E-state index contributed by atoms with van der Waals surface area (Å²) in [4.78, 5) is 13.6. The van der Waals surface area contributed by atoms with Crippen LogP contribution in [0.2, 0.25) is 0 Å². The molecule has 0 saturated carbocycles. The van der Waals surface area contributed by atoms with Crippen LogP contribution in [0.1, 0.15) is 34.6 Å². The quantitative estimate of drug-likeness (QED) is 0.621. The molecule has 3 heteroatoms. The molecule has 1 aliphatic rings. The number of amides is 1. The molecule has 1 rings (SSSR count). The maximum Gasteiger partial charge on any atom is 0.246 e. The van der Waals surface area contributed by atoms with Crippen LogP contribution in [0.4, 0.5) is 0 Å². The Labute approximate surface area is 92.1 Å². The molecule has 1 aliphatic heterocycles. The van der Waals surface area contributed by atoms with Gasteiger partial charge in [-0.2, -0.15) is 0 Å². The molecule has 1 fully saturated rings. The molecular weight excluding hydrogens is 190 g/mol. The number of rotatable bonds is 1. The van der Waals surface area contributed by atoms with Gasteiger partial charge in [-0.1, -0.05) is 6.08 Å². The smallest absolute Gasteiger partial charge is 0.246 e. The van der Waals surface area contributed by atoms with Gasteiger partial charge in [0, 0.05) is 13.1 Å². The van der Waals surface area contributed by atoms with E-state index < -0.39 is 0 Å².